The number of amides is 2. The van der Waals surface area contributed by atoms with Crippen molar-refractivity contribution in [2.75, 3.05) is 26.7 Å². The normalized spacial score (nSPS) is 15.2. The number of carbonyl (C=O) groups excluding carboxylic acids is 2. The number of hydrogen-bond acceptors (Lipinski definition) is 5. The Bertz CT molecular complexity index is 1220. The molecule has 42 heavy (non-hydrogen) atoms. The standard InChI is InChI=1S/C25H32FN5O2.C7H8.C2H6/c1-19-4-6-21(7-5-19)12-15-30-17-24(28-18-32)31(29(3)14-13-25(30)33)20(2)27-16-22-8-10-23(26)11-9-22;1-7-5-3-2-4-6-7;1-2/h4-11,18,24,27H,2,12-17H2,1,3H3,(H,28,32);2-6H,1H3;1-2H3. The van der Waals surface area contributed by atoms with E-state index in [1.165, 1.54) is 23.3 Å². The number of rotatable bonds is 9. The van der Waals surface area contributed by atoms with E-state index < -0.39 is 6.17 Å². The number of hydrazine groups is 1. The molecular formula is C34H46FN5O2. The van der Waals surface area contributed by atoms with Crippen LogP contribution >= 0.6 is 0 Å². The summed E-state index contributed by atoms with van der Waals surface area (Å²) >= 11 is 0. The van der Waals surface area contributed by atoms with Gasteiger partial charge in [-0.2, -0.15) is 0 Å². The molecule has 2 N–H and O–H groups in total. The Kier molecular flexibility index (Phi) is 14.8. The van der Waals surface area contributed by atoms with Crippen molar-refractivity contribution in [3.8, 4) is 0 Å². The number of aryl methyl sites for hydroxylation is 2. The quantitative estimate of drug-likeness (QED) is 0.334. The van der Waals surface area contributed by atoms with E-state index in [0.717, 1.165) is 17.5 Å². The van der Waals surface area contributed by atoms with E-state index in [1.54, 1.807) is 17.0 Å². The second-order valence-electron chi connectivity index (χ2n) is 9.93. The Morgan fingerprint density at radius 2 is 1.55 bits per heavy atom. The van der Waals surface area contributed by atoms with Gasteiger partial charge in [-0.3, -0.25) is 14.6 Å². The van der Waals surface area contributed by atoms with E-state index in [-0.39, 0.29) is 11.7 Å². The van der Waals surface area contributed by atoms with Crippen molar-refractivity contribution in [2.45, 2.75) is 53.2 Å². The van der Waals surface area contributed by atoms with Crippen molar-refractivity contribution >= 4 is 12.3 Å². The lowest BCUT2D eigenvalue weighted by Gasteiger charge is -2.44. The molecule has 3 aromatic carbocycles. The maximum Gasteiger partial charge on any atom is 0.224 e. The lowest BCUT2D eigenvalue weighted by atomic mass is 10.1. The Balaban J connectivity index is 0.000000590. The molecule has 2 amide bonds. The number of halogens is 1. The average Bonchev–Trinajstić information content (AvgIpc) is 3.00. The van der Waals surface area contributed by atoms with Crippen LogP contribution in [-0.4, -0.2) is 60.1 Å². The van der Waals surface area contributed by atoms with Crippen LogP contribution in [0.15, 0.2) is 91.3 Å². The van der Waals surface area contributed by atoms with Gasteiger partial charge in [-0.1, -0.05) is 98.3 Å². The molecule has 1 fully saturated rings. The van der Waals surface area contributed by atoms with Gasteiger partial charge in [-0.15, -0.1) is 0 Å². The Morgan fingerprint density at radius 3 is 2.12 bits per heavy atom. The van der Waals surface area contributed by atoms with Crippen LogP contribution in [0.5, 0.6) is 0 Å². The zero-order valence-electron chi connectivity index (χ0n) is 25.6. The van der Waals surface area contributed by atoms with Crippen molar-refractivity contribution in [3.63, 3.8) is 0 Å². The van der Waals surface area contributed by atoms with Gasteiger partial charge < -0.3 is 15.5 Å². The fraction of sp³-hybridized carbons (Fsp3) is 0.353. The van der Waals surface area contributed by atoms with Gasteiger partial charge in [0, 0.05) is 33.1 Å². The van der Waals surface area contributed by atoms with E-state index in [2.05, 4.69) is 60.5 Å². The molecule has 0 radical (unpaired) electrons. The molecule has 1 aliphatic rings. The second-order valence-corrected chi connectivity index (χ2v) is 9.93. The fourth-order valence-corrected chi connectivity index (χ4v) is 4.40. The van der Waals surface area contributed by atoms with Gasteiger partial charge in [-0.25, -0.2) is 9.40 Å². The highest BCUT2D eigenvalue weighted by atomic mass is 19.1. The van der Waals surface area contributed by atoms with Crippen molar-refractivity contribution in [3.05, 3.63) is 119 Å². The minimum absolute atomic E-state index is 0.0520. The Labute approximate surface area is 251 Å². The maximum atomic E-state index is 13.2. The van der Waals surface area contributed by atoms with Gasteiger partial charge in [0.25, 0.3) is 0 Å². The summed E-state index contributed by atoms with van der Waals surface area (Å²) in [6.45, 7) is 14.1. The molecule has 8 heteroatoms. The number of hydrogen-bond donors (Lipinski definition) is 2. The van der Waals surface area contributed by atoms with Crippen LogP contribution in [-0.2, 0) is 22.6 Å². The minimum Gasteiger partial charge on any atom is -0.367 e. The molecule has 3 aromatic rings. The molecule has 0 saturated carbocycles. The van der Waals surface area contributed by atoms with Gasteiger partial charge in [0.2, 0.25) is 12.3 Å². The van der Waals surface area contributed by atoms with Crippen LogP contribution in [0.2, 0.25) is 0 Å². The summed E-state index contributed by atoms with van der Waals surface area (Å²) in [5, 5.41) is 9.84. The summed E-state index contributed by atoms with van der Waals surface area (Å²) in [6.07, 6.45) is 1.26. The van der Waals surface area contributed by atoms with Gasteiger partial charge in [0.15, 0.2) is 0 Å². The van der Waals surface area contributed by atoms with Crippen molar-refractivity contribution < 1.29 is 14.0 Å². The van der Waals surface area contributed by atoms with E-state index in [0.29, 0.717) is 44.8 Å². The van der Waals surface area contributed by atoms with E-state index in [1.807, 2.05) is 56.0 Å². The highest BCUT2D eigenvalue weighted by molar-refractivity contribution is 5.76. The van der Waals surface area contributed by atoms with Gasteiger partial charge in [0.05, 0.1) is 6.54 Å². The van der Waals surface area contributed by atoms with E-state index >= 15 is 0 Å². The zero-order chi connectivity index (χ0) is 30.9. The molecule has 0 aromatic heterocycles. The first-order valence-corrected chi connectivity index (χ1v) is 14.5. The molecule has 7 nitrogen and oxygen atoms in total. The van der Waals surface area contributed by atoms with Gasteiger partial charge in [-0.05, 0) is 43.5 Å². The molecule has 0 spiro atoms. The highest BCUT2D eigenvalue weighted by Crippen LogP contribution is 2.16. The van der Waals surface area contributed by atoms with Crippen molar-refractivity contribution in [2.24, 2.45) is 0 Å². The summed E-state index contributed by atoms with van der Waals surface area (Å²) < 4.78 is 13.2. The molecule has 0 bridgehead atoms. The Hall–Kier alpha value is -4.17. The maximum absolute atomic E-state index is 13.2. The zero-order valence-corrected chi connectivity index (χ0v) is 25.6. The minimum atomic E-state index is -0.483. The topological polar surface area (TPSA) is 67.9 Å². The lowest BCUT2D eigenvalue weighted by Crippen LogP contribution is -2.61. The summed E-state index contributed by atoms with van der Waals surface area (Å²) in [6, 6.07) is 24.8. The largest absolute Gasteiger partial charge is 0.367 e. The average molecular weight is 576 g/mol. The molecule has 4 rings (SSSR count). The predicted molar refractivity (Wildman–Crippen MR) is 168 cm³/mol. The number of carbonyl (C=O) groups is 2. The first kappa shape index (κ1) is 34.0. The van der Waals surface area contributed by atoms with Crippen LogP contribution in [0.4, 0.5) is 4.39 Å². The third-order valence-corrected chi connectivity index (χ3v) is 6.74. The molecule has 1 unspecified atom stereocenters. The number of nitrogens with one attached hydrogen (secondary N) is 2. The summed E-state index contributed by atoms with van der Waals surface area (Å²) in [7, 11) is 1.86. The molecule has 1 saturated heterocycles. The summed E-state index contributed by atoms with van der Waals surface area (Å²) in [4.78, 5) is 26.1. The second kappa shape index (κ2) is 18.3. The SMILES string of the molecule is C=C(NCc1ccc(F)cc1)N1C(NC=O)CN(CCc2ccc(C)cc2)C(=O)CCN1C.CC.Cc1ccccc1. The smallest absolute Gasteiger partial charge is 0.224 e. The van der Waals surface area contributed by atoms with Crippen LogP contribution in [0.1, 0.15) is 42.5 Å². The van der Waals surface area contributed by atoms with Crippen molar-refractivity contribution in [1.82, 2.24) is 25.6 Å². The molecule has 226 valence electrons. The third kappa shape index (κ3) is 11.4. The Morgan fingerprint density at radius 1 is 0.952 bits per heavy atom. The predicted octanol–water partition coefficient (Wildman–Crippen LogP) is 5.41. The van der Waals surface area contributed by atoms with Crippen LogP contribution in [0.25, 0.3) is 0 Å². The lowest BCUT2D eigenvalue weighted by molar-refractivity contribution is -0.140. The van der Waals surface area contributed by atoms with Gasteiger partial charge >= 0.3 is 0 Å². The molecular weight excluding hydrogens is 529 g/mol. The first-order chi connectivity index (χ1) is 20.3. The van der Waals surface area contributed by atoms with E-state index in [4.69, 9.17) is 0 Å². The first-order valence-electron chi connectivity index (χ1n) is 14.5. The summed E-state index contributed by atoms with van der Waals surface area (Å²) in [5.41, 5.74) is 4.58. The fourth-order valence-electron chi connectivity index (χ4n) is 4.40. The molecule has 1 heterocycles. The number of nitrogens with zero attached hydrogens (tertiary/aromatic N) is 3. The third-order valence-electron chi connectivity index (χ3n) is 6.74. The highest BCUT2D eigenvalue weighted by Gasteiger charge is 2.30. The van der Waals surface area contributed by atoms with Crippen LogP contribution < -0.4 is 10.6 Å². The molecule has 1 atom stereocenters. The summed E-state index contributed by atoms with van der Waals surface area (Å²) in [5.74, 6) is 0.344. The number of benzene rings is 3. The monoisotopic (exact) mass is 575 g/mol. The van der Waals surface area contributed by atoms with E-state index in [9.17, 15) is 14.0 Å². The van der Waals surface area contributed by atoms with Crippen molar-refractivity contribution in [1.29, 1.82) is 0 Å². The van der Waals surface area contributed by atoms with Crippen LogP contribution in [0, 0.1) is 19.7 Å². The molecule has 0 aliphatic carbocycles. The van der Waals surface area contributed by atoms with Gasteiger partial charge in [0.1, 0.15) is 17.8 Å². The molecule has 1 aliphatic heterocycles. The van der Waals surface area contributed by atoms with Crippen LogP contribution in [0.3, 0.4) is 0 Å².